The van der Waals surface area contributed by atoms with Gasteiger partial charge in [0, 0.05) is 4.88 Å². The summed E-state index contributed by atoms with van der Waals surface area (Å²) in [6, 6.07) is 4.76. The van der Waals surface area contributed by atoms with Crippen molar-refractivity contribution in [3.05, 3.63) is 46.0 Å². The number of carbonyl (C=O) groups excluding carboxylic acids is 1. The molecule has 122 valence electrons. The number of halogens is 3. The van der Waals surface area contributed by atoms with E-state index in [0.29, 0.717) is 11.0 Å². The monoisotopic (exact) mass is 340 g/mol. The molecule has 0 bridgehead atoms. The van der Waals surface area contributed by atoms with Crippen LogP contribution in [0.4, 0.5) is 18.3 Å². The number of benzene rings is 1. The standard InChI is InChI=1S/C16H15F3N2OS/c1-9-6-7-12-13(8-9)23-15(20-12)21-14(22)10-4-2-3-5-11(10)16(17,18)19/h2-5,9H,6-8H2,1H3,(H,20,21,22). The number of aromatic nitrogens is 1. The lowest BCUT2D eigenvalue weighted by Gasteiger charge is -2.15. The summed E-state index contributed by atoms with van der Waals surface area (Å²) in [6.45, 7) is 2.15. The minimum atomic E-state index is -4.56. The van der Waals surface area contributed by atoms with E-state index in [0.717, 1.165) is 35.9 Å². The minimum absolute atomic E-state index is 0.367. The zero-order chi connectivity index (χ0) is 16.6. The Balaban J connectivity index is 1.83. The van der Waals surface area contributed by atoms with E-state index in [1.165, 1.54) is 29.5 Å². The number of amides is 1. The molecule has 1 aromatic carbocycles. The Morgan fingerprint density at radius 2 is 2.09 bits per heavy atom. The average Bonchev–Trinajstić information content (AvgIpc) is 2.87. The molecule has 0 spiro atoms. The number of nitrogens with one attached hydrogen (secondary N) is 1. The number of hydrogen-bond donors (Lipinski definition) is 1. The molecule has 1 aliphatic rings. The summed E-state index contributed by atoms with van der Waals surface area (Å²) >= 11 is 1.35. The molecule has 2 aromatic rings. The summed E-state index contributed by atoms with van der Waals surface area (Å²) < 4.78 is 38.9. The number of rotatable bonds is 2. The number of anilines is 1. The van der Waals surface area contributed by atoms with Gasteiger partial charge in [0.25, 0.3) is 5.91 Å². The second-order valence-electron chi connectivity index (χ2n) is 5.73. The Morgan fingerprint density at radius 1 is 1.35 bits per heavy atom. The molecule has 1 aliphatic carbocycles. The average molecular weight is 340 g/mol. The number of thiazole rings is 1. The molecule has 0 aliphatic heterocycles. The van der Waals surface area contributed by atoms with E-state index in [2.05, 4.69) is 17.2 Å². The molecule has 1 atom stereocenters. The first-order chi connectivity index (χ1) is 10.8. The van der Waals surface area contributed by atoms with Gasteiger partial charge in [-0.1, -0.05) is 19.1 Å². The number of nitrogens with zero attached hydrogens (tertiary/aromatic N) is 1. The Kier molecular flexibility index (Phi) is 4.14. The summed E-state index contributed by atoms with van der Waals surface area (Å²) in [4.78, 5) is 17.7. The van der Waals surface area contributed by atoms with E-state index in [-0.39, 0.29) is 5.56 Å². The first-order valence-corrected chi connectivity index (χ1v) is 8.12. The molecule has 1 amide bonds. The number of carbonyl (C=O) groups is 1. The van der Waals surface area contributed by atoms with Crippen LogP contribution in [0.2, 0.25) is 0 Å². The lowest BCUT2D eigenvalue weighted by atomic mass is 9.93. The fourth-order valence-corrected chi connectivity index (χ4v) is 3.85. The van der Waals surface area contributed by atoms with Gasteiger partial charge in [-0.25, -0.2) is 4.98 Å². The maximum atomic E-state index is 13.0. The van der Waals surface area contributed by atoms with Gasteiger partial charge in [-0.15, -0.1) is 11.3 Å². The van der Waals surface area contributed by atoms with Gasteiger partial charge in [0.1, 0.15) is 0 Å². The molecule has 3 rings (SSSR count). The van der Waals surface area contributed by atoms with E-state index in [4.69, 9.17) is 0 Å². The van der Waals surface area contributed by atoms with Crippen LogP contribution in [0, 0.1) is 5.92 Å². The molecule has 7 heteroatoms. The van der Waals surface area contributed by atoms with Crippen molar-refractivity contribution in [2.45, 2.75) is 32.4 Å². The van der Waals surface area contributed by atoms with E-state index in [1.807, 2.05) is 0 Å². The number of alkyl halides is 3. The third kappa shape index (κ3) is 3.39. The molecule has 1 heterocycles. The summed E-state index contributed by atoms with van der Waals surface area (Å²) in [5, 5.41) is 2.88. The molecule has 0 fully saturated rings. The molecular formula is C16H15F3N2OS. The van der Waals surface area contributed by atoms with Gasteiger partial charge < -0.3 is 0 Å². The van der Waals surface area contributed by atoms with Crippen LogP contribution in [-0.4, -0.2) is 10.9 Å². The summed E-state index contributed by atoms with van der Waals surface area (Å²) in [5.74, 6) is -0.213. The maximum Gasteiger partial charge on any atom is 0.417 e. The lowest BCUT2D eigenvalue weighted by Crippen LogP contribution is -2.18. The molecule has 1 N–H and O–H groups in total. The molecule has 0 saturated carbocycles. The van der Waals surface area contributed by atoms with Gasteiger partial charge in [-0.2, -0.15) is 13.2 Å². The van der Waals surface area contributed by atoms with Crippen molar-refractivity contribution in [2.75, 3.05) is 5.32 Å². The predicted molar refractivity (Wildman–Crippen MR) is 82.7 cm³/mol. The Hall–Kier alpha value is -1.89. The van der Waals surface area contributed by atoms with Crippen LogP contribution in [0.5, 0.6) is 0 Å². The van der Waals surface area contributed by atoms with Crippen LogP contribution in [-0.2, 0) is 19.0 Å². The van der Waals surface area contributed by atoms with Crippen molar-refractivity contribution >= 4 is 22.4 Å². The SMILES string of the molecule is CC1CCc2nc(NC(=O)c3ccccc3C(F)(F)F)sc2C1. The quantitative estimate of drug-likeness (QED) is 0.872. The normalized spacial score (nSPS) is 17.7. The van der Waals surface area contributed by atoms with Crippen molar-refractivity contribution in [1.29, 1.82) is 0 Å². The van der Waals surface area contributed by atoms with Crippen LogP contribution in [0.3, 0.4) is 0 Å². The molecule has 1 aromatic heterocycles. The van der Waals surface area contributed by atoms with Crippen molar-refractivity contribution in [3.8, 4) is 0 Å². The Morgan fingerprint density at radius 3 is 2.83 bits per heavy atom. The van der Waals surface area contributed by atoms with Crippen molar-refractivity contribution in [2.24, 2.45) is 5.92 Å². The molecule has 0 radical (unpaired) electrons. The van der Waals surface area contributed by atoms with Gasteiger partial charge >= 0.3 is 6.18 Å². The van der Waals surface area contributed by atoms with Crippen LogP contribution in [0.25, 0.3) is 0 Å². The van der Waals surface area contributed by atoms with Gasteiger partial charge in [0.2, 0.25) is 0 Å². The van der Waals surface area contributed by atoms with Crippen molar-refractivity contribution in [3.63, 3.8) is 0 Å². The number of aryl methyl sites for hydroxylation is 1. The topological polar surface area (TPSA) is 42.0 Å². The second-order valence-corrected chi connectivity index (χ2v) is 6.82. The first kappa shape index (κ1) is 16.0. The Bertz CT molecular complexity index is 739. The fraction of sp³-hybridized carbons (Fsp3) is 0.375. The second kappa shape index (κ2) is 5.96. The predicted octanol–water partition coefficient (Wildman–Crippen LogP) is 4.54. The van der Waals surface area contributed by atoms with Crippen LogP contribution in [0.1, 0.15) is 39.8 Å². The maximum absolute atomic E-state index is 13.0. The zero-order valence-electron chi connectivity index (χ0n) is 12.4. The van der Waals surface area contributed by atoms with Crippen LogP contribution >= 0.6 is 11.3 Å². The van der Waals surface area contributed by atoms with Crippen LogP contribution in [0.15, 0.2) is 24.3 Å². The number of fused-ring (bicyclic) bond motifs is 1. The summed E-state index contributed by atoms with van der Waals surface area (Å²) in [7, 11) is 0. The van der Waals surface area contributed by atoms with Crippen molar-refractivity contribution in [1.82, 2.24) is 4.98 Å². The van der Waals surface area contributed by atoms with Crippen LogP contribution < -0.4 is 5.32 Å². The minimum Gasteiger partial charge on any atom is -0.298 e. The summed E-state index contributed by atoms with van der Waals surface area (Å²) in [5.41, 5.74) is -0.374. The van der Waals surface area contributed by atoms with E-state index >= 15 is 0 Å². The number of hydrogen-bond acceptors (Lipinski definition) is 3. The van der Waals surface area contributed by atoms with Gasteiger partial charge in [-0.05, 0) is 37.3 Å². The van der Waals surface area contributed by atoms with E-state index in [9.17, 15) is 18.0 Å². The highest BCUT2D eigenvalue weighted by atomic mass is 32.1. The third-order valence-electron chi connectivity index (χ3n) is 3.88. The molecule has 3 nitrogen and oxygen atoms in total. The summed E-state index contributed by atoms with van der Waals surface area (Å²) in [6.07, 6.45) is -1.77. The molecule has 23 heavy (non-hydrogen) atoms. The van der Waals surface area contributed by atoms with Gasteiger partial charge in [0.05, 0.1) is 16.8 Å². The van der Waals surface area contributed by atoms with E-state index in [1.54, 1.807) is 0 Å². The van der Waals surface area contributed by atoms with Gasteiger partial charge in [-0.3, -0.25) is 10.1 Å². The Labute approximate surface area is 135 Å². The van der Waals surface area contributed by atoms with E-state index < -0.39 is 17.6 Å². The fourth-order valence-electron chi connectivity index (χ4n) is 2.69. The van der Waals surface area contributed by atoms with Crippen molar-refractivity contribution < 1.29 is 18.0 Å². The lowest BCUT2D eigenvalue weighted by molar-refractivity contribution is -0.137. The highest BCUT2D eigenvalue weighted by Gasteiger charge is 2.35. The molecule has 1 unspecified atom stereocenters. The first-order valence-electron chi connectivity index (χ1n) is 7.30. The highest BCUT2D eigenvalue weighted by molar-refractivity contribution is 7.15. The van der Waals surface area contributed by atoms with Gasteiger partial charge in [0.15, 0.2) is 5.13 Å². The zero-order valence-corrected chi connectivity index (χ0v) is 13.2. The largest absolute Gasteiger partial charge is 0.417 e. The molecular weight excluding hydrogens is 325 g/mol. The highest BCUT2D eigenvalue weighted by Crippen LogP contribution is 2.34. The smallest absolute Gasteiger partial charge is 0.298 e. The third-order valence-corrected chi connectivity index (χ3v) is 4.92. The molecule has 0 saturated heterocycles.